The van der Waals surface area contributed by atoms with Gasteiger partial charge in [0, 0.05) is 12.4 Å². The van der Waals surface area contributed by atoms with Crippen LogP contribution in [0.2, 0.25) is 0 Å². The molecule has 0 fully saturated rings. The Balaban J connectivity index is 1.80. The molecule has 0 radical (unpaired) electrons. The van der Waals surface area contributed by atoms with Crippen molar-refractivity contribution in [1.82, 2.24) is 29.9 Å². The quantitative estimate of drug-likeness (QED) is 0.736. The van der Waals surface area contributed by atoms with Crippen molar-refractivity contribution in [2.45, 2.75) is 11.4 Å². The predicted octanol–water partition coefficient (Wildman–Crippen LogP) is 0.675. The molecule has 1 N–H and O–H groups in total. The highest BCUT2D eigenvalue weighted by Crippen LogP contribution is 2.10. The van der Waals surface area contributed by atoms with Crippen molar-refractivity contribution in [3.63, 3.8) is 0 Å². The van der Waals surface area contributed by atoms with Gasteiger partial charge in [-0.2, -0.15) is 4.68 Å². The number of aromatic nitrogens is 5. The van der Waals surface area contributed by atoms with Gasteiger partial charge in [-0.3, -0.25) is 4.98 Å². The Morgan fingerprint density at radius 2 is 1.96 bits per heavy atom. The van der Waals surface area contributed by atoms with E-state index in [0.29, 0.717) is 5.69 Å². The first-order valence-corrected chi connectivity index (χ1v) is 7.97. The number of sulfonamides is 1. The summed E-state index contributed by atoms with van der Waals surface area (Å²) in [7, 11) is -3.72. The van der Waals surface area contributed by atoms with Gasteiger partial charge in [0.05, 0.1) is 12.2 Å². The van der Waals surface area contributed by atoms with Crippen molar-refractivity contribution in [3.05, 3.63) is 60.4 Å². The minimum Gasteiger partial charge on any atom is -0.263 e. The van der Waals surface area contributed by atoms with Crippen LogP contribution in [0, 0.1) is 5.82 Å². The van der Waals surface area contributed by atoms with Crippen molar-refractivity contribution < 1.29 is 12.8 Å². The zero-order valence-electron chi connectivity index (χ0n) is 11.7. The maximum absolute atomic E-state index is 13.0. The Kier molecular flexibility index (Phi) is 4.08. The molecule has 0 amide bonds. The number of pyridine rings is 1. The molecule has 118 valence electrons. The van der Waals surface area contributed by atoms with Gasteiger partial charge in [-0.15, -0.1) is 5.10 Å². The van der Waals surface area contributed by atoms with Crippen molar-refractivity contribution >= 4 is 10.0 Å². The van der Waals surface area contributed by atoms with Gasteiger partial charge in [0.25, 0.3) is 0 Å². The first kappa shape index (κ1) is 15.2. The third-order valence-electron chi connectivity index (χ3n) is 2.97. The van der Waals surface area contributed by atoms with Crippen molar-refractivity contribution in [2.75, 3.05) is 0 Å². The summed E-state index contributed by atoms with van der Waals surface area (Å²) in [5, 5.41) is 11.1. The molecule has 0 bridgehead atoms. The van der Waals surface area contributed by atoms with Crippen LogP contribution < -0.4 is 4.72 Å². The van der Waals surface area contributed by atoms with E-state index < -0.39 is 10.0 Å². The highest BCUT2D eigenvalue weighted by atomic mass is 32.2. The molecule has 3 aromatic rings. The van der Waals surface area contributed by atoms with Crippen LogP contribution in [0.1, 0.15) is 5.82 Å². The number of nitrogens with zero attached hydrogens (tertiary/aromatic N) is 5. The summed E-state index contributed by atoms with van der Waals surface area (Å²) < 4.78 is 41.0. The molecule has 0 aliphatic carbocycles. The van der Waals surface area contributed by atoms with Crippen LogP contribution >= 0.6 is 0 Å². The average molecular weight is 334 g/mol. The van der Waals surface area contributed by atoms with Crippen LogP contribution in [0.4, 0.5) is 4.39 Å². The molecule has 2 heterocycles. The molecular formula is C13H11FN6O2S. The molecule has 0 aliphatic heterocycles. The van der Waals surface area contributed by atoms with Gasteiger partial charge >= 0.3 is 0 Å². The number of nitrogens with one attached hydrogen (secondary N) is 1. The zero-order valence-corrected chi connectivity index (χ0v) is 12.5. The standard InChI is InChI=1S/C13H11FN6O2S/c14-10-3-5-11(6-4-10)20-13(17-18-19-20)9-16-23(21,22)12-2-1-7-15-8-12/h1-8,16H,9H2. The van der Waals surface area contributed by atoms with E-state index in [1.807, 2.05) is 0 Å². The lowest BCUT2D eigenvalue weighted by molar-refractivity contribution is 0.577. The summed E-state index contributed by atoms with van der Waals surface area (Å²) in [6.45, 7) is -0.123. The average Bonchev–Trinajstić information content (AvgIpc) is 3.03. The fourth-order valence-electron chi connectivity index (χ4n) is 1.85. The molecule has 0 atom stereocenters. The number of benzene rings is 1. The Morgan fingerprint density at radius 1 is 1.17 bits per heavy atom. The lowest BCUT2D eigenvalue weighted by atomic mass is 10.3. The molecule has 0 unspecified atom stereocenters. The second-order valence-electron chi connectivity index (χ2n) is 4.50. The third-order valence-corrected chi connectivity index (χ3v) is 4.36. The minimum absolute atomic E-state index is 0.0424. The first-order valence-electron chi connectivity index (χ1n) is 6.49. The monoisotopic (exact) mass is 334 g/mol. The number of tetrazole rings is 1. The van der Waals surface area contributed by atoms with Gasteiger partial charge in [0.2, 0.25) is 10.0 Å². The molecular weight excluding hydrogens is 323 g/mol. The van der Waals surface area contributed by atoms with Crippen molar-refractivity contribution in [3.8, 4) is 5.69 Å². The van der Waals surface area contributed by atoms with Crippen LogP contribution in [0.15, 0.2) is 53.7 Å². The third kappa shape index (κ3) is 3.38. The Bertz CT molecular complexity index is 896. The molecule has 1 aromatic carbocycles. The summed E-state index contributed by atoms with van der Waals surface area (Å²) in [6.07, 6.45) is 2.72. The van der Waals surface area contributed by atoms with E-state index in [0.717, 1.165) is 0 Å². The van der Waals surface area contributed by atoms with Gasteiger partial charge in [0.15, 0.2) is 5.82 Å². The second-order valence-corrected chi connectivity index (χ2v) is 6.26. The van der Waals surface area contributed by atoms with E-state index in [2.05, 4.69) is 25.2 Å². The summed E-state index contributed by atoms with van der Waals surface area (Å²) >= 11 is 0. The van der Waals surface area contributed by atoms with E-state index >= 15 is 0 Å². The summed E-state index contributed by atoms with van der Waals surface area (Å²) in [4.78, 5) is 3.81. The van der Waals surface area contributed by atoms with Gasteiger partial charge in [-0.25, -0.2) is 17.5 Å². The van der Waals surface area contributed by atoms with Crippen LogP contribution in [-0.4, -0.2) is 33.6 Å². The lowest BCUT2D eigenvalue weighted by Gasteiger charge is -2.07. The molecule has 3 rings (SSSR count). The summed E-state index contributed by atoms with van der Waals surface area (Å²) in [5.41, 5.74) is 0.520. The Hall–Kier alpha value is -2.72. The maximum atomic E-state index is 13.0. The maximum Gasteiger partial charge on any atom is 0.242 e. The second kappa shape index (κ2) is 6.18. The number of rotatable bonds is 5. The molecule has 0 aliphatic rings. The normalized spacial score (nSPS) is 11.5. The predicted molar refractivity (Wildman–Crippen MR) is 77.4 cm³/mol. The van der Waals surface area contributed by atoms with E-state index in [1.165, 1.54) is 53.5 Å². The van der Waals surface area contributed by atoms with Crippen LogP contribution in [0.5, 0.6) is 0 Å². The molecule has 2 aromatic heterocycles. The fraction of sp³-hybridized carbons (Fsp3) is 0.0769. The molecule has 8 nitrogen and oxygen atoms in total. The summed E-state index contributed by atoms with van der Waals surface area (Å²) in [6, 6.07) is 8.46. The SMILES string of the molecule is O=S(=O)(NCc1nnnn1-c1ccc(F)cc1)c1cccnc1. The fourth-order valence-corrected chi connectivity index (χ4v) is 2.79. The molecule has 0 saturated heterocycles. The molecule has 23 heavy (non-hydrogen) atoms. The van der Waals surface area contributed by atoms with Crippen molar-refractivity contribution in [1.29, 1.82) is 0 Å². The van der Waals surface area contributed by atoms with Gasteiger partial charge < -0.3 is 0 Å². The largest absolute Gasteiger partial charge is 0.263 e. The molecule has 10 heteroatoms. The van der Waals surface area contributed by atoms with E-state index in [1.54, 1.807) is 0 Å². The summed E-state index contributed by atoms with van der Waals surface area (Å²) in [5.74, 6) is -0.121. The van der Waals surface area contributed by atoms with Gasteiger partial charge in [-0.1, -0.05) is 0 Å². The topological polar surface area (TPSA) is 103 Å². The van der Waals surface area contributed by atoms with Crippen LogP contribution in [0.3, 0.4) is 0 Å². The first-order chi connectivity index (χ1) is 11.1. The molecule has 0 saturated carbocycles. The van der Waals surface area contributed by atoms with E-state index in [9.17, 15) is 12.8 Å². The van der Waals surface area contributed by atoms with E-state index in [4.69, 9.17) is 0 Å². The number of hydrogen-bond donors (Lipinski definition) is 1. The highest BCUT2D eigenvalue weighted by molar-refractivity contribution is 7.89. The van der Waals surface area contributed by atoms with Gasteiger partial charge in [-0.05, 0) is 46.8 Å². The van der Waals surface area contributed by atoms with Crippen molar-refractivity contribution in [2.24, 2.45) is 0 Å². The highest BCUT2D eigenvalue weighted by Gasteiger charge is 2.16. The van der Waals surface area contributed by atoms with Crippen LogP contribution in [-0.2, 0) is 16.6 Å². The van der Waals surface area contributed by atoms with E-state index in [-0.39, 0.29) is 23.1 Å². The lowest BCUT2D eigenvalue weighted by Crippen LogP contribution is -2.25. The number of hydrogen-bond acceptors (Lipinski definition) is 6. The van der Waals surface area contributed by atoms with Gasteiger partial charge in [0.1, 0.15) is 10.7 Å². The van der Waals surface area contributed by atoms with Crippen LogP contribution in [0.25, 0.3) is 5.69 Å². The minimum atomic E-state index is -3.72. The molecule has 0 spiro atoms. The zero-order chi connectivity index (χ0) is 16.3. The Morgan fingerprint density at radius 3 is 2.65 bits per heavy atom. The smallest absolute Gasteiger partial charge is 0.242 e. The number of halogens is 1. The Labute approximate surface area is 131 Å².